The van der Waals surface area contributed by atoms with Gasteiger partial charge in [0.05, 0.1) is 12.2 Å². The van der Waals surface area contributed by atoms with Crippen LogP contribution in [0.2, 0.25) is 0 Å². The van der Waals surface area contributed by atoms with E-state index in [1.54, 1.807) is 25.3 Å². The van der Waals surface area contributed by atoms with Crippen molar-refractivity contribution in [3.05, 3.63) is 98.5 Å². The molecule has 32 heavy (non-hydrogen) atoms. The van der Waals surface area contributed by atoms with Crippen LogP contribution < -0.4 is 5.56 Å². The average molecular weight is 429 g/mol. The lowest BCUT2D eigenvalue weighted by molar-refractivity contribution is 0.0526. The van der Waals surface area contributed by atoms with Crippen molar-refractivity contribution in [1.82, 2.24) is 4.98 Å². The van der Waals surface area contributed by atoms with Crippen LogP contribution in [-0.4, -0.2) is 23.8 Å². The summed E-state index contributed by atoms with van der Waals surface area (Å²) in [5.41, 5.74) is 5.29. The number of aromatic nitrogens is 1. The fourth-order valence-electron chi connectivity index (χ4n) is 5.01. The van der Waals surface area contributed by atoms with E-state index < -0.39 is 5.54 Å². The third kappa shape index (κ3) is 3.91. The summed E-state index contributed by atoms with van der Waals surface area (Å²) in [7, 11) is 0. The average Bonchev–Trinajstić information content (AvgIpc) is 2.76. The van der Waals surface area contributed by atoms with Crippen LogP contribution in [0.5, 0.6) is 0 Å². The Labute approximate surface area is 188 Å². The van der Waals surface area contributed by atoms with Crippen LogP contribution in [0.4, 0.5) is 0 Å². The predicted octanol–water partition coefficient (Wildman–Crippen LogP) is 5.00. The zero-order chi connectivity index (χ0) is 22.7. The number of hydrogen-bond donors (Lipinski definition) is 1. The Balaban J connectivity index is 1.72. The normalized spacial score (nSPS) is 23.4. The number of aromatic amines is 1. The van der Waals surface area contributed by atoms with Crippen molar-refractivity contribution in [2.75, 3.05) is 6.61 Å². The zero-order valence-electron chi connectivity index (χ0n) is 18.7. The van der Waals surface area contributed by atoms with Gasteiger partial charge in [-0.25, -0.2) is 4.79 Å². The SMILES string of the molecule is C/C=C1\[C@H]2C=C(C)C[C@]1(N=CC=Cc1ccccc1C(=O)OCC)c1ccc(=O)[nH]c1C2. The molecule has 2 bridgehead atoms. The second-order valence-corrected chi connectivity index (χ2v) is 8.26. The molecule has 0 amide bonds. The molecule has 0 spiro atoms. The highest BCUT2D eigenvalue weighted by Crippen LogP contribution is 2.51. The van der Waals surface area contributed by atoms with E-state index in [1.165, 1.54) is 11.1 Å². The molecule has 2 aliphatic rings. The Morgan fingerprint density at radius 2 is 2.09 bits per heavy atom. The van der Waals surface area contributed by atoms with Crippen molar-refractivity contribution < 1.29 is 9.53 Å². The van der Waals surface area contributed by atoms with Gasteiger partial charge in [-0.15, -0.1) is 0 Å². The largest absolute Gasteiger partial charge is 0.462 e. The van der Waals surface area contributed by atoms with Crippen molar-refractivity contribution >= 4 is 18.3 Å². The smallest absolute Gasteiger partial charge is 0.338 e. The van der Waals surface area contributed by atoms with Gasteiger partial charge in [-0.1, -0.05) is 42.0 Å². The Hall–Kier alpha value is -3.47. The fraction of sp³-hybridized carbons (Fsp3) is 0.296. The molecule has 5 heteroatoms. The molecule has 0 unspecified atom stereocenters. The number of ether oxygens (including phenoxy) is 1. The van der Waals surface area contributed by atoms with E-state index in [2.05, 4.69) is 31.0 Å². The van der Waals surface area contributed by atoms with Crippen LogP contribution in [0.25, 0.3) is 6.08 Å². The molecule has 1 aromatic carbocycles. The third-order valence-electron chi connectivity index (χ3n) is 6.19. The minimum Gasteiger partial charge on any atom is -0.462 e. The van der Waals surface area contributed by atoms with E-state index in [4.69, 9.17) is 9.73 Å². The molecular formula is C27H28N2O3. The van der Waals surface area contributed by atoms with E-state index in [0.29, 0.717) is 12.2 Å². The van der Waals surface area contributed by atoms with Crippen molar-refractivity contribution in [3.63, 3.8) is 0 Å². The van der Waals surface area contributed by atoms with Gasteiger partial charge in [0.25, 0.3) is 0 Å². The number of nitrogens with one attached hydrogen (secondary N) is 1. The molecule has 0 saturated heterocycles. The highest BCUT2D eigenvalue weighted by atomic mass is 16.5. The summed E-state index contributed by atoms with van der Waals surface area (Å²) in [6.07, 6.45) is 11.6. The summed E-state index contributed by atoms with van der Waals surface area (Å²) in [5.74, 6) is -0.106. The van der Waals surface area contributed by atoms with Gasteiger partial charge in [0.2, 0.25) is 5.56 Å². The van der Waals surface area contributed by atoms with Crippen molar-refractivity contribution in [3.8, 4) is 0 Å². The number of rotatable bonds is 5. The number of hydrogen-bond acceptors (Lipinski definition) is 4. The molecule has 2 aliphatic carbocycles. The number of allylic oxidation sites excluding steroid dienone is 3. The molecular weight excluding hydrogens is 400 g/mol. The molecule has 1 heterocycles. The van der Waals surface area contributed by atoms with E-state index in [-0.39, 0.29) is 17.4 Å². The topological polar surface area (TPSA) is 71.5 Å². The third-order valence-corrected chi connectivity index (χ3v) is 6.19. The van der Waals surface area contributed by atoms with Crippen LogP contribution in [0.15, 0.2) is 75.6 Å². The molecule has 4 rings (SSSR count). The van der Waals surface area contributed by atoms with Gasteiger partial charge in [0.15, 0.2) is 0 Å². The molecule has 1 aromatic heterocycles. The maximum absolute atomic E-state index is 12.2. The number of benzene rings is 1. The van der Waals surface area contributed by atoms with Gasteiger partial charge >= 0.3 is 5.97 Å². The second-order valence-electron chi connectivity index (χ2n) is 8.26. The number of pyridine rings is 1. The minimum absolute atomic E-state index is 0.0824. The molecule has 2 atom stereocenters. The Morgan fingerprint density at radius 1 is 1.28 bits per heavy atom. The molecule has 0 aliphatic heterocycles. The summed E-state index contributed by atoms with van der Waals surface area (Å²) < 4.78 is 5.16. The summed E-state index contributed by atoms with van der Waals surface area (Å²) in [6.45, 7) is 6.34. The summed E-state index contributed by atoms with van der Waals surface area (Å²) >= 11 is 0. The fourth-order valence-corrected chi connectivity index (χ4v) is 5.01. The Morgan fingerprint density at radius 3 is 2.88 bits per heavy atom. The van der Waals surface area contributed by atoms with E-state index in [9.17, 15) is 9.59 Å². The van der Waals surface area contributed by atoms with Crippen molar-refractivity contribution in [2.24, 2.45) is 10.9 Å². The van der Waals surface area contributed by atoms with Gasteiger partial charge in [0.1, 0.15) is 5.54 Å². The Kier molecular flexibility index (Phi) is 6.08. The second kappa shape index (κ2) is 8.95. The van der Waals surface area contributed by atoms with Gasteiger partial charge in [0, 0.05) is 35.9 Å². The van der Waals surface area contributed by atoms with Gasteiger partial charge in [-0.2, -0.15) is 0 Å². The maximum atomic E-state index is 12.2. The molecule has 5 nitrogen and oxygen atoms in total. The summed E-state index contributed by atoms with van der Waals surface area (Å²) in [6, 6.07) is 10.9. The van der Waals surface area contributed by atoms with E-state index in [0.717, 1.165) is 29.7 Å². The molecule has 0 radical (unpaired) electrons. The number of aliphatic imine (C=N–C) groups is 1. The zero-order valence-corrected chi connectivity index (χ0v) is 18.7. The van der Waals surface area contributed by atoms with Gasteiger partial charge in [-0.3, -0.25) is 9.79 Å². The highest BCUT2D eigenvalue weighted by molar-refractivity contribution is 5.94. The molecule has 164 valence electrons. The number of esters is 1. The van der Waals surface area contributed by atoms with Crippen LogP contribution in [-0.2, 0) is 16.7 Å². The molecule has 2 aromatic rings. The van der Waals surface area contributed by atoms with E-state index in [1.807, 2.05) is 36.4 Å². The van der Waals surface area contributed by atoms with Crippen LogP contribution >= 0.6 is 0 Å². The lowest BCUT2D eigenvalue weighted by atomic mass is 9.63. The van der Waals surface area contributed by atoms with Gasteiger partial charge < -0.3 is 9.72 Å². The van der Waals surface area contributed by atoms with Crippen LogP contribution in [0.1, 0.15) is 54.4 Å². The molecule has 0 saturated carbocycles. The first-order valence-electron chi connectivity index (χ1n) is 11.0. The maximum Gasteiger partial charge on any atom is 0.338 e. The summed E-state index contributed by atoms with van der Waals surface area (Å²) in [5, 5.41) is 0. The lowest BCUT2D eigenvalue weighted by Crippen LogP contribution is -2.40. The van der Waals surface area contributed by atoms with Crippen molar-refractivity contribution in [2.45, 2.75) is 39.2 Å². The number of H-pyrrole nitrogens is 1. The Bertz CT molecular complexity index is 1220. The number of carbonyl (C=O) groups excluding carboxylic acids is 1. The monoisotopic (exact) mass is 428 g/mol. The lowest BCUT2D eigenvalue weighted by Gasteiger charge is -2.45. The number of fused-ring (bicyclic) bond motifs is 4. The quantitative estimate of drug-likeness (QED) is 0.414. The van der Waals surface area contributed by atoms with E-state index >= 15 is 0 Å². The number of nitrogens with zero attached hydrogens (tertiary/aromatic N) is 1. The standard InChI is InChI=1S/C27H28N2O3/c1-4-22-20-15-18(3)17-27(22,23-12-13-25(30)29-24(23)16-20)28-14-8-10-19-9-6-7-11-21(19)26(31)32-5-2/h4,6-15,20H,5,16-17H2,1-3H3,(H,29,30)/b10-8?,22-4+,28-14?/t20-,27+/m0/s1. The first-order valence-corrected chi connectivity index (χ1v) is 11.0. The van der Waals surface area contributed by atoms with Crippen LogP contribution in [0.3, 0.4) is 0 Å². The molecule has 0 fully saturated rings. The first kappa shape index (κ1) is 21.8. The molecule has 1 N–H and O–H groups in total. The predicted molar refractivity (Wildman–Crippen MR) is 128 cm³/mol. The summed E-state index contributed by atoms with van der Waals surface area (Å²) in [4.78, 5) is 32.3. The van der Waals surface area contributed by atoms with Crippen LogP contribution in [0, 0.1) is 5.92 Å². The first-order chi connectivity index (χ1) is 15.5. The van der Waals surface area contributed by atoms with Gasteiger partial charge in [-0.05, 0) is 56.5 Å². The minimum atomic E-state index is -0.527. The number of carbonyl (C=O) groups is 1. The highest BCUT2D eigenvalue weighted by Gasteiger charge is 2.46. The van der Waals surface area contributed by atoms with Crippen molar-refractivity contribution in [1.29, 1.82) is 0 Å².